The number of hydrogen-bond acceptors (Lipinski definition) is 4. The molecule has 0 saturated carbocycles. The van der Waals surface area contributed by atoms with Crippen molar-refractivity contribution < 1.29 is 13.9 Å². The SMILES string of the molecule is CC1CN(C(=O)C=Cc2nc3ccccc3o2)CCO1. The van der Waals surface area contributed by atoms with E-state index in [1.54, 1.807) is 11.0 Å². The van der Waals surface area contributed by atoms with Gasteiger partial charge in [-0.15, -0.1) is 0 Å². The van der Waals surface area contributed by atoms with Crippen molar-refractivity contribution >= 4 is 23.1 Å². The van der Waals surface area contributed by atoms with E-state index in [9.17, 15) is 4.79 Å². The van der Waals surface area contributed by atoms with Crippen molar-refractivity contribution in [1.82, 2.24) is 9.88 Å². The van der Waals surface area contributed by atoms with E-state index in [4.69, 9.17) is 9.15 Å². The van der Waals surface area contributed by atoms with Gasteiger partial charge in [0.1, 0.15) is 5.52 Å². The summed E-state index contributed by atoms with van der Waals surface area (Å²) in [7, 11) is 0. The fourth-order valence-electron chi connectivity index (χ4n) is 2.23. The number of fused-ring (bicyclic) bond motifs is 1. The summed E-state index contributed by atoms with van der Waals surface area (Å²) in [5, 5.41) is 0. The molecule has 5 heteroatoms. The average molecular weight is 272 g/mol. The molecule has 1 aliphatic rings. The predicted molar refractivity (Wildman–Crippen MR) is 75.0 cm³/mol. The number of aromatic nitrogens is 1. The fraction of sp³-hybridized carbons (Fsp3) is 0.333. The van der Waals surface area contributed by atoms with E-state index in [1.807, 2.05) is 31.2 Å². The smallest absolute Gasteiger partial charge is 0.246 e. The molecule has 20 heavy (non-hydrogen) atoms. The number of benzene rings is 1. The average Bonchev–Trinajstić information content (AvgIpc) is 2.87. The van der Waals surface area contributed by atoms with E-state index in [0.717, 1.165) is 11.1 Å². The van der Waals surface area contributed by atoms with Crippen LogP contribution < -0.4 is 0 Å². The normalized spacial score (nSPS) is 19.9. The van der Waals surface area contributed by atoms with Crippen molar-refractivity contribution in [3.63, 3.8) is 0 Å². The van der Waals surface area contributed by atoms with Gasteiger partial charge in [0.2, 0.25) is 11.8 Å². The number of hydrogen-bond donors (Lipinski definition) is 0. The zero-order chi connectivity index (χ0) is 13.9. The van der Waals surface area contributed by atoms with Crippen LogP contribution in [0.3, 0.4) is 0 Å². The number of rotatable bonds is 2. The van der Waals surface area contributed by atoms with Crippen LogP contribution in [-0.2, 0) is 9.53 Å². The van der Waals surface area contributed by atoms with E-state index in [0.29, 0.717) is 25.6 Å². The molecular weight excluding hydrogens is 256 g/mol. The van der Waals surface area contributed by atoms with Gasteiger partial charge in [0.15, 0.2) is 5.58 Å². The number of oxazole rings is 1. The molecular formula is C15H16N2O3. The molecule has 0 N–H and O–H groups in total. The van der Waals surface area contributed by atoms with Gasteiger partial charge in [-0.05, 0) is 19.1 Å². The molecule has 0 radical (unpaired) electrons. The molecule has 5 nitrogen and oxygen atoms in total. The lowest BCUT2D eigenvalue weighted by atomic mass is 10.3. The first kappa shape index (κ1) is 12.9. The van der Waals surface area contributed by atoms with Gasteiger partial charge in [-0.1, -0.05) is 12.1 Å². The molecule has 0 bridgehead atoms. The van der Waals surface area contributed by atoms with Gasteiger partial charge >= 0.3 is 0 Å². The third-order valence-corrected chi connectivity index (χ3v) is 3.23. The van der Waals surface area contributed by atoms with Gasteiger partial charge in [0.05, 0.1) is 12.7 Å². The largest absolute Gasteiger partial charge is 0.437 e. The molecule has 2 aromatic rings. The van der Waals surface area contributed by atoms with Gasteiger partial charge in [0, 0.05) is 25.2 Å². The van der Waals surface area contributed by atoms with E-state index in [-0.39, 0.29) is 12.0 Å². The van der Waals surface area contributed by atoms with Crippen molar-refractivity contribution in [3.05, 3.63) is 36.2 Å². The van der Waals surface area contributed by atoms with Crippen LogP contribution in [0.5, 0.6) is 0 Å². The third kappa shape index (κ3) is 2.72. The number of carbonyl (C=O) groups excluding carboxylic acids is 1. The Morgan fingerprint density at radius 2 is 2.30 bits per heavy atom. The molecule has 104 valence electrons. The number of para-hydroxylation sites is 2. The van der Waals surface area contributed by atoms with Crippen LogP contribution in [0.2, 0.25) is 0 Å². The molecule has 1 saturated heterocycles. The van der Waals surface area contributed by atoms with Crippen molar-refractivity contribution in [2.24, 2.45) is 0 Å². The Morgan fingerprint density at radius 3 is 3.10 bits per heavy atom. The van der Waals surface area contributed by atoms with E-state index in [2.05, 4.69) is 4.98 Å². The number of ether oxygens (including phenoxy) is 1. The summed E-state index contributed by atoms with van der Waals surface area (Å²) in [6.07, 6.45) is 3.20. The number of amides is 1. The molecule has 0 aliphatic carbocycles. The summed E-state index contributed by atoms with van der Waals surface area (Å²) < 4.78 is 10.9. The summed E-state index contributed by atoms with van der Waals surface area (Å²) in [5.41, 5.74) is 1.51. The van der Waals surface area contributed by atoms with Gasteiger partial charge in [-0.25, -0.2) is 4.98 Å². The number of morpholine rings is 1. The molecule has 2 heterocycles. The first-order valence-electron chi connectivity index (χ1n) is 6.66. The van der Waals surface area contributed by atoms with E-state index < -0.39 is 0 Å². The second-order valence-electron chi connectivity index (χ2n) is 4.82. The monoisotopic (exact) mass is 272 g/mol. The number of nitrogens with zero attached hydrogens (tertiary/aromatic N) is 2. The maximum absolute atomic E-state index is 12.0. The zero-order valence-electron chi connectivity index (χ0n) is 11.3. The lowest BCUT2D eigenvalue weighted by molar-refractivity contribution is -0.132. The second-order valence-corrected chi connectivity index (χ2v) is 4.82. The highest BCUT2D eigenvalue weighted by Gasteiger charge is 2.19. The zero-order valence-corrected chi connectivity index (χ0v) is 11.3. The van der Waals surface area contributed by atoms with Crippen molar-refractivity contribution in [2.75, 3.05) is 19.7 Å². The summed E-state index contributed by atoms with van der Waals surface area (Å²) in [6, 6.07) is 7.52. The molecule has 1 unspecified atom stereocenters. The Kier molecular flexibility index (Phi) is 3.52. The molecule has 3 rings (SSSR count). The maximum atomic E-state index is 12.0. The second kappa shape index (κ2) is 5.46. The molecule has 0 spiro atoms. The lowest BCUT2D eigenvalue weighted by Crippen LogP contribution is -2.43. The summed E-state index contributed by atoms with van der Waals surface area (Å²) in [6.45, 7) is 3.80. The van der Waals surface area contributed by atoms with Crippen molar-refractivity contribution in [2.45, 2.75) is 13.0 Å². The highest BCUT2D eigenvalue weighted by Crippen LogP contribution is 2.15. The molecule has 1 fully saturated rings. The lowest BCUT2D eigenvalue weighted by Gasteiger charge is -2.30. The van der Waals surface area contributed by atoms with Gasteiger partial charge in [-0.3, -0.25) is 4.79 Å². The Hall–Kier alpha value is -2.14. The van der Waals surface area contributed by atoms with E-state index >= 15 is 0 Å². The summed E-state index contributed by atoms with van der Waals surface area (Å²) in [4.78, 5) is 18.1. The molecule has 1 aliphatic heterocycles. The first-order chi connectivity index (χ1) is 9.72. The minimum atomic E-state index is -0.0394. The Labute approximate surface area is 116 Å². The Balaban J connectivity index is 1.71. The molecule has 1 aromatic heterocycles. The molecule has 1 aromatic carbocycles. The summed E-state index contributed by atoms with van der Waals surface area (Å²) in [5.74, 6) is 0.406. The van der Waals surface area contributed by atoms with Crippen molar-refractivity contribution in [3.8, 4) is 0 Å². The highest BCUT2D eigenvalue weighted by molar-refractivity contribution is 5.91. The van der Waals surface area contributed by atoms with Crippen LogP contribution in [0.1, 0.15) is 12.8 Å². The summed E-state index contributed by atoms with van der Waals surface area (Å²) >= 11 is 0. The van der Waals surface area contributed by atoms with Crippen LogP contribution in [-0.4, -0.2) is 41.6 Å². The van der Waals surface area contributed by atoms with Crippen LogP contribution in [0.15, 0.2) is 34.8 Å². The highest BCUT2D eigenvalue weighted by atomic mass is 16.5. The number of carbonyl (C=O) groups is 1. The van der Waals surface area contributed by atoms with Gasteiger partial charge < -0.3 is 14.1 Å². The van der Waals surface area contributed by atoms with Crippen LogP contribution in [0.25, 0.3) is 17.2 Å². The quantitative estimate of drug-likeness (QED) is 0.785. The van der Waals surface area contributed by atoms with Crippen molar-refractivity contribution in [1.29, 1.82) is 0 Å². The van der Waals surface area contributed by atoms with Crippen LogP contribution >= 0.6 is 0 Å². The van der Waals surface area contributed by atoms with E-state index in [1.165, 1.54) is 6.08 Å². The Morgan fingerprint density at radius 1 is 1.45 bits per heavy atom. The van der Waals surface area contributed by atoms with Gasteiger partial charge in [0.25, 0.3) is 0 Å². The first-order valence-corrected chi connectivity index (χ1v) is 6.66. The third-order valence-electron chi connectivity index (χ3n) is 3.23. The van der Waals surface area contributed by atoms with Gasteiger partial charge in [-0.2, -0.15) is 0 Å². The Bertz CT molecular complexity index is 614. The topological polar surface area (TPSA) is 55.6 Å². The van der Waals surface area contributed by atoms with Crippen LogP contribution in [0, 0.1) is 0 Å². The predicted octanol–water partition coefficient (Wildman–Crippen LogP) is 2.09. The minimum Gasteiger partial charge on any atom is -0.437 e. The fourth-order valence-corrected chi connectivity index (χ4v) is 2.23. The molecule has 1 amide bonds. The standard InChI is InChI=1S/C15H16N2O3/c1-11-10-17(8-9-19-11)15(18)7-6-14-16-12-4-2-3-5-13(12)20-14/h2-7,11H,8-10H2,1H3. The minimum absolute atomic E-state index is 0.0394. The maximum Gasteiger partial charge on any atom is 0.246 e. The molecule has 1 atom stereocenters. The van der Waals surface area contributed by atoms with Crippen LogP contribution in [0.4, 0.5) is 0 Å².